The number of ether oxygens (including phenoxy) is 2. The van der Waals surface area contributed by atoms with E-state index >= 15 is 0 Å². The van der Waals surface area contributed by atoms with E-state index in [2.05, 4.69) is 33.0 Å². The zero-order valence-electron chi connectivity index (χ0n) is 21.8. The molecule has 2 aromatic carbocycles. The van der Waals surface area contributed by atoms with Crippen LogP contribution < -0.4 is 19.1 Å². The smallest absolute Gasteiger partial charge is 0.270 e. The fourth-order valence-corrected chi connectivity index (χ4v) is 6.79. The molecule has 1 aromatic heterocycles. The molecule has 2 heterocycles. The Kier molecular flexibility index (Phi) is 5.60. The summed E-state index contributed by atoms with van der Waals surface area (Å²) in [6, 6.07) is 9.29. The zero-order valence-corrected chi connectivity index (χ0v) is 22.6. The van der Waals surface area contributed by atoms with Crippen LogP contribution in [0.15, 0.2) is 39.8 Å². The minimum absolute atomic E-state index is 0.0115. The van der Waals surface area contributed by atoms with Gasteiger partial charge in [0.15, 0.2) is 16.5 Å². The van der Waals surface area contributed by atoms with Crippen LogP contribution in [0.25, 0.3) is 11.3 Å². The maximum Gasteiger partial charge on any atom is 0.270 e. The molecule has 6 rings (SSSR count). The van der Waals surface area contributed by atoms with E-state index in [1.165, 1.54) is 43.2 Å². The van der Waals surface area contributed by atoms with E-state index in [1.807, 2.05) is 0 Å². The van der Waals surface area contributed by atoms with E-state index in [1.54, 1.807) is 14.1 Å². The van der Waals surface area contributed by atoms with E-state index in [9.17, 15) is 13.2 Å². The SMILES string of the molecule is COc1cc(C(=O)N(C)C)cc(OC)c1S(=O)(=O)Nc1noc2c1CC1(CC1)c1ccc(N3CCC3)cc1-2. The van der Waals surface area contributed by atoms with Gasteiger partial charge in [-0.05, 0) is 55.5 Å². The van der Waals surface area contributed by atoms with Gasteiger partial charge in [-0.15, -0.1) is 0 Å². The molecule has 38 heavy (non-hydrogen) atoms. The standard InChI is InChI=1S/C27H30N4O6S/c1-30(2)26(32)16-12-21(35-3)24(22(13-16)36-4)38(33,34)29-25-19-15-27(8-9-27)20-7-6-17(31-10-5-11-31)14-18(20)23(19)37-28-25/h6-7,12-14H,5,8-11,15H2,1-4H3,(H,28,29). The highest BCUT2D eigenvalue weighted by Crippen LogP contribution is 2.59. The van der Waals surface area contributed by atoms with Crippen molar-refractivity contribution in [2.75, 3.05) is 51.0 Å². The van der Waals surface area contributed by atoms with Crippen LogP contribution in [0.1, 0.15) is 40.7 Å². The number of hydrogen-bond acceptors (Lipinski definition) is 8. The van der Waals surface area contributed by atoms with Crippen molar-refractivity contribution in [3.63, 3.8) is 0 Å². The first-order valence-electron chi connectivity index (χ1n) is 12.6. The van der Waals surface area contributed by atoms with Gasteiger partial charge < -0.3 is 23.8 Å². The van der Waals surface area contributed by atoms with Gasteiger partial charge in [-0.1, -0.05) is 11.2 Å². The Balaban J connectivity index is 1.40. The van der Waals surface area contributed by atoms with Gasteiger partial charge in [0, 0.05) is 55.0 Å². The van der Waals surface area contributed by atoms with Crippen LogP contribution in [-0.2, 0) is 21.9 Å². The third-order valence-corrected chi connectivity index (χ3v) is 9.21. The van der Waals surface area contributed by atoms with Gasteiger partial charge in [-0.25, -0.2) is 8.42 Å². The van der Waals surface area contributed by atoms with Crippen molar-refractivity contribution in [3.8, 4) is 22.8 Å². The lowest BCUT2D eigenvalue weighted by Crippen LogP contribution is -2.37. The van der Waals surface area contributed by atoms with Crippen molar-refractivity contribution in [3.05, 3.63) is 47.0 Å². The molecule has 0 bridgehead atoms. The van der Waals surface area contributed by atoms with Gasteiger partial charge in [0.1, 0.15) is 11.5 Å². The highest BCUT2D eigenvalue weighted by molar-refractivity contribution is 7.93. The molecule has 0 unspecified atom stereocenters. The number of benzene rings is 2. The molecule has 1 saturated carbocycles. The molecular formula is C27H30N4O6S. The van der Waals surface area contributed by atoms with Crippen LogP contribution in [0, 0.1) is 0 Å². The molecule has 1 aliphatic heterocycles. The number of sulfonamides is 1. The molecule has 200 valence electrons. The summed E-state index contributed by atoms with van der Waals surface area (Å²) in [5, 5.41) is 4.17. The predicted octanol–water partition coefficient (Wildman–Crippen LogP) is 3.66. The van der Waals surface area contributed by atoms with Gasteiger partial charge in [-0.3, -0.25) is 9.52 Å². The highest BCUT2D eigenvalue weighted by Gasteiger charge is 2.51. The number of amides is 1. The average molecular weight is 539 g/mol. The number of carbonyl (C=O) groups is 1. The quantitative estimate of drug-likeness (QED) is 0.485. The van der Waals surface area contributed by atoms with E-state index in [0.717, 1.165) is 42.7 Å². The van der Waals surface area contributed by atoms with Crippen LogP contribution >= 0.6 is 0 Å². The Hall–Kier alpha value is -3.73. The lowest BCUT2D eigenvalue weighted by molar-refractivity contribution is 0.0826. The van der Waals surface area contributed by atoms with Crippen LogP contribution in [0.2, 0.25) is 0 Å². The largest absolute Gasteiger partial charge is 0.495 e. The number of nitrogens with one attached hydrogen (secondary N) is 1. The molecule has 1 saturated heterocycles. The number of rotatable bonds is 7. The molecule has 2 fully saturated rings. The van der Waals surface area contributed by atoms with Crippen molar-refractivity contribution in [1.82, 2.24) is 10.1 Å². The Morgan fingerprint density at radius 1 is 1.11 bits per heavy atom. The number of hydrogen-bond donors (Lipinski definition) is 1. The van der Waals surface area contributed by atoms with Gasteiger partial charge in [0.05, 0.1) is 14.2 Å². The second-order valence-electron chi connectivity index (χ2n) is 10.4. The first kappa shape index (κ1) is 24.6. The Morgan fingerprint density at radius 2 is 1.79 bits per heavy atom. The molecule has 1 spiro atoms. The van der Waals surface area contributed by atoms with Crippen molar-refractivity contribution in [2.24, 2.45) is 0 Å². The monoisotopic (exact) mass is 538 g/mol. The maximum atomic E-state index is 13.7. The lowest BCUT2D eigenvalue weighted by atomic mass is 9.79. The molecule has 1 N–H and O–H groups in total. The summed E-state index contributed by atoms with van der Waals surface area (Å²) in [5.74, 6) is 0.424. The number of fused-ring (bicyclic) bond motifs is 4. The number of nitrogens with zero attached hydrogens (tertiary/aromatic N) is 3. The summed E-state index contributed by atoms with van der Waals surface area (Å²) in [7, 11) is 1.68. The molecule has 3 aromatic rings. The minimum Gasteiger partial charge on any atom is -0.495 e. The lowest BCUT2D eigenvalue weighted by Gasteiger charge is -2.34. The third-order valence-electron chi connectivity index (χ3n) is 7.81. The van der Waals surface area contributed by atoms with E-state index in [0.29, 0.717) is 12.2 Å². The number of aromatic nitrogens is 1. The van der Waals surface area contributed by atoms with E-state index in [-0.39, 0.29) is 39.1 Å². The normalized spacial score (nSPS) is 16.8. The molecule has 3 aliphatic rings. The highest BCUT2D eigenvalue weighted by atomic mass is 32.2. The topological polar surface area (TPSA) is 114 Å². The van der Waals surface area contributed by atoms with Crippen LogP contribution in [0.4, 0.5) is 11.5 Å². The summed E-state index contributed by atoms with van der Waals surface area (Å²) < 4.78 is 46.6. The summed E-state index contributed by atoms with van der Waals surface area (Å²) >= 11 is 0. The number of carbonyl (C=O) groups excluding carboxylic acids is 1. The van der Waals surface area contributed by atoms with E-state index in [4.69, 9.17) is 14.0 Å². The molecule has 0 atom stereocenters. The van der Waals surface area contributed by atoms with Gasteiger partial charge in [0.25, 0.3) is 15.9 Å². The summed E-state index contributed by atoms with van der Waals surface area (Å²) in [6.07, 6.45) is 3.88. The molecule has 10 nitrogen and oxygen atoms in total. The predicted molar refractivity (Wildman–Crippen MR) is 142 cm³/mol. The second kappa shape index (κ2) is 8.65. The average Bonchev–Trinajstić information content (AvgIpc) is 3.53. The van der Waals surface area contributed by atoms with Gasteiger partial charge in [0.2, 0.25) is 0 Å². The zero-order chi connectivity index (χ0) is 26.8. The van der Waals surface area contributed by atoms with Crippen LogP contribution in [-0.4, -0.2) is 65.8 Å². The number of methoxy groups -OCH3 is 2. The third kappa shape index (κ3) is 3.79. The summed E-state index contributed by atoms with van der Waals surface area (Å²) in [5.41, 5.74) is 4.32. The molecule has 1 amide bonds. The minimum atomic E-state index is -4.23. The van der Waals surface area contributed by atoms with Gasteiger partial charge >= 0.3 is 0 Å². The van der Waals surface area contributed by atoms with Crippen molar-refractivity contribution in [2.45, 2.75) is 36.0 Å². The second-order valence-corrected chi connectivity index (χ2v) is 12.0. The Labute approximate surface area is 221 Å². The molecule has 0 radical (unpaired) electrons. The fourth-order valence-electron chi connectivity index (χ4n) is 5.45. The van der Waals surface area contributed by atoms with Crippen molar-refractivity contribution < 1.29 is 27.2 Å². The number of anilines is 2. The first-order valence-corrected chi connectivity index (χ1v) is 14.0. The molecule has 2 aliphatic carbocycles. The van der Waals surface area contributed by atoms with Crippen molar-refractivity contribution in [1.29, 1.82) is 0 Å². The Morgan fingerprint density at radius 3 is 2.34 bits per heavy atom. The molecular weight excluding hydrogens is 508 g/mol. The van der Waals surface area contributed by atoms with Crippen molar-refractivity contribution >= 4 is 27.4 Å². The fraction of sp³-hybridized carbons (Fsp3) is 0.407. The molecule has 11 heteroatoms. The van der Waals surface area contributed by atoms with Gasteiger partial charge in [-0.2, -0.15) is 0 Å². The van der Waals surface area contributed by atoms with Crippen LogP contribution in [0.3, 0.4) is 0 Å². The Bertz CT molecular complexity index is 1530. The summed E-state index contributed by atoms with van der Waals surface area (Å²) in [6.45, 7) is 2.06. The summed E-state index contributed by atoms with van der Waals surface area (Å²) in [4.78, 5) is 16.0. The first-order chi connectivity index (χ1) is 18.2. The maximum absolute atomic E-state index is 13.7. The van der Waals surface area contributed by atoms with Crippen LogP contribution in [0.5, 0.6) is 11.5 Å². The van der Waals surface area contributed by atoms with E-state index < -0.39 is 10.0 Å².